The van der Waals surface area contributed by atoms with Gasteiger partial charge in [-0.15, -0.1) is 24.0 Å². The smallest absolute Gasteiger partial charge is 0.221 e. The summed E-state index contributed by atoms with van der Waals surface area (Å²) in [5.74, 6) is 1.44. The largest absolute Gasteiger partial charge is 0.467 e. The number of carbonyl (C=O) groups is 1. The van der Waals surface area contributed by atoms with Crippen LogP contribution in [0.1, 0.15) is 18.2 Å². The number of nitrogens with one attached hydrogen (secondary N) is 3. The Balaban J connectivity index is 0.00000264. The molecule has 0 aliphatic carbocycles. The minimum atomic E-state index is -0.0824. The highest BCUT2D eigenvalue weighted by Crippen LogP contribution is 2.10. The van der Waals surface area contributed by atoms with Crippen molar-refractivity contribution in [2.75, 3.05) is 12.4 Å². The lowest BCUT2D eigenvalue weighted by Gasteiger charge is -2.12. The summed E-state index contributed by atoms with van der Waals surface area (Å²) in [5, 5.41) is 9.14. The fourth-order valence-corrected chi connectivity index (χ4v) is 1.95. The molecule has 7 heteroatoms. The van der Waals surface area contributed by atoms with Gasteiger partial charge in [0.25, 0.3) is 0 Å². The molecule has 1 aromatic carbocycles. The molecule has 1 heterocycles. The molecule has 0 bridgehead atoms. The number of amides is 1. The number of halogens is 1. The van der Waals surface area contributed by atoms with Gasteiger partial charge < -0.3 is 20.4 Å². The van der Waals surface area contributed by atoms with E-state index in [0.717, 1.165) is 17.0 Å². The summed E-state index contributed by atoms with van der Waals surface area (Å²) >= 11 is 0. The number of carbonyl (C=O) groups excluding carboxylic acids is 1. The van der Waals surface area contributed by atoms with Crippen LogP contribution in [0.4, 0.5) is 5.69 Å². The van der Waals surface area contributed by atoms with Gasteiger partial charge in [0.2, 0.25) is 5.91 Å². The summed E-state index contributed by atoms with van der Waals surface area (Å²) in [7, 11) is 1.71. The number of aliphatic imine (C=N–C) groups is 1. The Kier molecular flexibility index (Phi) is 8.17. The van der Waals surface area contributed by atoms with E-state index in [2.05, 4.69) is 20.9 Å². The second-order valence-corrected chi connectivity index (χ2v) is 4.74. The molecule has 1 aromatic heterocycles. The summed E-state index contributed by atoms with van der Waals surface area (Å²) in [4.78, 5) is 15.2. The van der Waals surface area contributed by atoms with Crippen LogP contribution >= 0.6 is 24.0 Å². The predicted molar refractivity (Wildman–Crippen MR) is 102 cm³/mol. The molecule has 0 aliphatic rings. The molecule has 0 fully saturated rings. The molecule has 0 atom stereocenters. The van der Waals surface area contributed by atoms with E-state index < -0.39 is 0 Å². The maximum absolute atomic E-state index is 11.1. The van der Waals surface area contributed by atoms with E-state index in [0.29, 0.717) is 19.0 Å². The zero-order chi connectivity index (χ0) is 15.8. The zero-order valence-electron chi connectivity index (χ0n) is 13.1. The maximum atomic E-state index is 11.1. The van der Waals surface area contributed by atoms with Gasteiger partial charge in [-0.3, -0.25) is 9.79 Å². The lowest BCUT2D eigenvalue weighted by atomic mass is 10.2. The highest BCUT2D eigenvalue weighted by atomic mass is 127. The minimum absolute atomic E-state index is 0. The molecule has 2 rings (SSSR count). The van der Waals surface area contributed by atoms with E-state index in [1.165, 1.54) is 6.92 Å². The van der Waals surface area contributed by atoms with Crippen LogP contribution in [0.25, 0.3) is 0 Å². The zero-order valence-corrected chi connectivity index (χ0v) is 15.5. The van der Waals surface area contributed by atoms with Gasteiger partial charge in [0.15, 0.2) is 5.96 Å². The highest BCUT2D eigenvalue weighted by Gasteiger charge is 2.02. The lowest BCUT2D eigenvalue weighted by Crippen LogP contribution is -2.36. The van der Waals surface area contributed by atoms with E-state index >= 15 is 0 Å². The van der Waals surface area contributed by atoms with E-state index in [1.54, 1.807) is 13.3 Å². The van der Waals surface area contributed by atoms with Crippen LogP contribution in [0, 0.1) is 0 Å². The number of furan rings is 1. The Bertz CT molecular complexity index is 641. The summed E-state index contributed by atoms with van der Waals surface area (Å²) in [6.07, 6.45) is 1.64. The molecule has 6 nitrogen and oxygen atoms in total. The standard InChI is InChI=1S/C16H20N4O2.HI/c1-12(21)20-14-6-3-5-13(9-14)10-18-16(17-2)19-11-15-7-4-8-22-15;/h3-9H,10-11H2,1-2H3,(H,20,21)(H2,17,18,19);1H. The number of rotatable bonds is 5. The van der Waals surface area contributed by atoms with Gasteiger partial charge in [-0.25, -0.2) is 0 Å². The topological polar surface area (TPSA) is 78.7 Å². The van der Waals surface area contributed by atoms with Gasteiger partial charge in [-0.1, -0.05) is 12.1 Å². The number of anilines is 1. The second kappa shape index (κ2) is 9.88. The van der Waals surface area contributed by atoms with Crippen LogP contribution in [0.2, 0.25) is 0 Å². The van der Waals surface area contributed by atoms with Gasteiger partial charge >= 0.3 is 0 Å². The molecule has 0 aliphatic heterocycles. The first-order valence-electron chi connectivity index (χ1n) is 7.01. The summed E-state index contributed by atoms with van der Waals surface area (Å²) in [5.41, 5.74) is 1.83. The van der Waals surface area contributed by atoms with Crippen molar-refractivity contribution in [2.45, 2.75) is 20.0 Å². The van der Waals surface area contributed by atoms with Crippen LogP contribution in [0.15, 0.2) is 52.1 Å². The summed E-state index contributed by atoms with van der Waals surface area (Å²) in [6.45, 7) is 2.66. The number of benzene rings is 1. The first kappa shape index (κ1) is 19.0. The second-order valence-electron chi connectivity index (χ2n) is 4.74. The molecule has 23 heavy (non-hydrogen) atoms. The van der Waals surface area contributed by atoms with Crippen LogP contribution in [-0.2, 0) is 17.9 Å². The van der Waals surface area contributed by atoms with Gasteiger partial charge in [0.05, 0.1) is 12.8 Å². The fourth-order valence-electron chi connectivity index (χ4n) is 1.95. The number of hydrogen-bond acceptors (Lipinski definition) is 3. The molecule has 0 radical (unpaired) electrons. The van der Waals surface area contributed by atoms with Crippen LogP contribution in [0.3, 0.4) is 0 Å². The molecule has 1 amide bonds. The van der Waals surface area contributed by atoms with Crippen molar-refractivity contribution in [1.82, 2.24) is 10.6 Å². The Hall–Kier alpha value is -2.03. The number of hydrogen-bond donors (Lipinski definition) is 3. The van der Waals surface area contributed by atoms with Crippen molar-refractivity contribution in [1.29, 1.82) is 0 Å². The predicted octanol–water partition coefficient (Wildman–Crippen LogP) is 2.72. The van der Waals surface area contributed by atoms with Gasteiger partial charge in [-0.05, 0) is 29.8 Å². The minimum Gasteiger partial charge on any atom is -0.467 e. The first-order chi connectivity index (χ1) is 10.7. The van der Waals surface area contributed by atoms with Gasteiger partial charge in [-0.2, -0.15) is 0 Å². The highest BCUT2D eigenvalue weighted by molar-refractivity contribution is 14.0. The molecule has 0 saturated heterocycles. The van der Waals surface area contributed by atoms with Crippen molar-refractivity contribution in [3.8, 4) is 0 Å². The third kappa shape index (κ3) is 6.72. The van der Waals surface area contributed by atoms with Crippen molar-refractivity contribution in [3.63, 3.8) is 0 Å². The van der Waals surface area contributed by atoms with Crippen LogP contribution in [0.5, 0.6) is 0 Å². The van der Waals surface area contributed by atoms with Crippen molar-refractivity contribution >= 4 is 41.5 Å². The van der Waals surface area contributed by atoms with Crippen molar-refractivity contribution in [3.05, 3.63) is 54.0 Å². The molecule has 0 spiro atoms. The molecule has 3 N–H and O–H groups in total. The lowest BCUT2D eigenvalue weighted by molar-refractivity contribution is -0.114. The fraction of sp³-hybridized carbons (Fsp3) is 0.250. The SMILES string of the molecule is CN=C(NCc1cccc(NC(C)=O)c1)NCc1ccco1.I. The maximum Gasteiger partial charge on any atom is 0.221 e. The first-order valence-corrected chi connectivity index (χ1v) is 7.01. The molecule has 0 unspecified atom stereocenters. The average molecular weight is 428 g/mol. The Morgan fingerprint density at radius 3 is 2.61 bits per heavy atom. The average Bonchev–Trinajstić information content (AvgIpc) is 3.00. The quantitative estimate of drug-likeness (QED) is 0.389. The van der Waals surface area contributed by atoms with E-state index in [9.17, 15) is 4.79 Å². The third-order valence-electron chi connectivity index (χ3n) is 2.94. The molecule has 124 valence electrons. The van der Waals surface area contributed by atoms with Crippen LogP contribution in [-0.4, -0.2) is 18.9 Å². The van der Waals surface area contributed by atoms with E-state index in [1.807, 2.05) is 36.4 Å². The Morgan fingerprint density at radius 1 is 1.17 bits per heavy atom. The summed E-state index contributed by atoms with van der Waals surface area (Å²) < 4.78 is 5.26. The van der Waals surface area contributed by atoms with Gasteiger partial charge in [0, 0.05) is 26.2 Å². The van der Waals surface area contributed by atoms with E-state index in [4.69, 9.17) is 4.42 Å². The summed E-state index contributed by atoms with van der Waals surface area (Å²) in [6, 6.07) is 11.4. The molecule has 2 aromatic rings. The van der Waals surface area contributed by atoms with Crippen molar-refractivity contribution < 1.29 is 9.21 Å². The number of guanidine groups is 1. The van der Waals surface area contributed by atoms with E-state index in [-0.39, 0.29) is 29.9 Å². The Labute approximate surface area is 152 Å². The Morgan fingerprint density at radius 2 is 1.96 bits per heavy atom. The van der Waals surface area contributed by atoms with Crippen LogP contribution < -0.4 is 16.0 Å². The van der Waals surface area contributed by atoms with Gasteiger partial charge in [0.1, 0.15) is 5.76 Å². The molecular formula is C16H21IN4O2. The molecule has 0 saturated carbocycles. The molecular weight excluding hydrogens is 407 g/mol. The monoisotopic (exact) mass is 428 g/mol. The normalized spacial score (nSPS) is 10.6. The number of nitrogens with zero attached hydrogens (tertiary/aromatic N) is 1. The van der Waals surface area contributed by atoms with Crippen molar-refractivity contribution in [2.24, 2.45) is 4.99 Å². The third-order valence-corrected chi connectivity index (χ3v) is 2.94.